The van der Waals surface area contributed by atoms with Gasteiger partial charge in [0.2, 0.25) is 0 Å². The zero-order valence-electron chi connectivity index (χ0n) is 24.3. The summed E-state index contributed by atoms with van der Waals surface area (Å²) in [4.78, 5) is 0. The van der Waals surface area contributed by atoms with Gasteiger partial charge in [0.1, 0.15) is 0 Å². The van der Waals surface area contributed by atoms with Gasteiger partial charge in [-0.15, -0.1) is 0 Å². The fourth-order valence-corrected chi connectivity index (χ4v) is 7.14. The molecule has 44 heavy (non-hydrogen) atoms. The van der Waals surface area contributed by atoms with Crippen molar-refractivity contribution in [2.45, 2.75) is 12.8 Å². The normalized spacial score (nSPS) is 13.3. The van der Waals surface area contributed by atoms with Crippen molar-refractivity contribution < 1.29 is 0 Å². The third kappa shape index (κ3) is 3.81. The predicted molar refractivity (Wildman–Crippen MR) is 187 cm³/mol. The van der Waals surface area contributed by atoms with Crippen LogP contribution in [0.15, 0.2) is 158 Å². The van der Waals surface area contributed by atoms with Crippen LogP contribution in [0.25, 0.3) is 71.7 Å². The Bertz CT molecular complexity index is 2380. The Labute approximate surface area is 256 Å². The number of allylic oxidation sites excluding steroid dienone is 4. The molecule has 208 valence electrons. The molecule has 2 aromatic heterocycles. The summed E-state index contributed by atoms with van der Waals surface area (Å²) in [6, 6.07) is 51.0. The molecule has 1 aliphatic rings. The van der Waals surface area contributed by atoms with Crippen molar-refractivity contribution in [1.82, 2.24) is 9.13 Å². The summed E-state index contributed by atoms with van der Waals surface area (Å²) in [6.45, 7) is 0. The number of nitrogens with zero attached hydrogens (tertiary/aromatic N) is 2. The molecule has 6 aromatic carbocycles. The maximum Gasteiger partial charge on any atom is 0.0562 e. The third-order valence-electron chi connectivity index (χ3n) is 9.15. The number of aromatic nitrogens is 2. The maximum absolute atomic E-state index is 2.49. The molecular weight excluding hydrogens is 532 g/mol. The zero-order chi connectivity index (χ0) is 29.0. The minimum Gasteiger partial charge on any atom is -0.309 e. The van der Waals surface area contributed by atoms with Crippen molar-refractivity contribution in [3.63, 3.8) is 0 Å². The molecule has 0 radical (unpaired) electrons. The average Bonchev–Trinajstić information content (AvgIpc) is 3.61. The van der Waals surface area contributed by atoms with E-state index in [-0.39, 0.29) is 0 Å². The van der Waals surface area contributed by atoms with Gasteiger partial charge in [-0.05, 0) is 65.9 Å². The molecule has 0 spiro atoms. The third-order valence-corrected chi connectivity index (χ3v) is 9.15. The van der Waals surface area contributed by atoms with Gasteiger partial charge >= 0.3 is 0 Å². The number of hydrogen-bond donors (Lipinski definition) is 0. The van der Waals surface area contributed by atoms with E-state index in [1.54, 1.807) is 0 Å². The molecule has 0 bridgehead atoms. The summed E-state index contributed by atoms with van der Waals surface area (Å²) in [5, 5.41) is 5.07. The SMILES string of the molecule is C1=CC(c2ccc(-c3ccccc3)cc2-n2c3ccccc3c3ccc(-n4c5ccccc5c5ccccc54)cc32)=CCC1. The molecular formula is C42H30N2. The highest BCUT2D eigenvalue weighted by molar-refractivity contribution is 6.12. The lowest BCUT2D eigenvalue weighted by atomic mass is 9.95. The Kier molecular flexibility index (Phi) is 5.67. The number of fused-ring (bicyclic) bond motifs is 6. The highest BCUT2D eigenvalue weighted by Gasteiger charge is 2.19. The zero-order valence-corrected chi connectivity index (χ0v) is 24.3. The minimum atomic E-state index is 1.07. The van der Waals surface area contributed by atoms with Crippen LogP contribution in [0.2, 0.25) is 0 Å². The molecule has 2 heteroatoms. The van der Waals surface area contributed by atoms with Gasteiger partial charge in [-0.25, -0.2) is 0 Å². The van der Waals surface area contributed by atoms with Gasteiger partial charge in [0.15, 0.2) is 0 Å². The summed E-state index contributed by atoms with van der Waals surface area (Å²) in [6.07, 6.45) is 9.14. The molecule has 8 aromatic rings. The van der Waals surface area contributed by atoms with Gasteiger partial charge < -0.3 is 9.13 Å². The standard InChI is InChI=1S/C42H30N2/c1-3-13-29(14-4-1)31-23-25-33(30-15-5-2-6-16-30)41(27-31)44-40-22-12-9-19-36(40)37-26-24-32(28-42(37)44)43-38-20-10-7-17-34(38)35-18-8-11-21-39(35)43/h1,3-5,7-28H,2,6H2. The van der Waals surface area contributed by atoms with Gasteiger partial charge in [-0.3, -0.25) is 0 Å². The van der Waals surface area contributed by atoms with Crippen molar-refractivity contribution in [2.24, 2.45) is 0 Å². The molecule has 2 nitrogen and oxygen atoms in total. The summed E-state index contributed by atoms with van der Waals surface area (Å²) >= 11 is 0. The van der Waals surface area contributed by atoms with E-state index in [1.165, 1.54) is 71.6 Å². The molecule has 2 heterocycles. The van der Waals surface area contributed by atoms with E-state index in [4.69, 9.17) is 0 Å². The monoisotopic (exact) mass is 562 g/mol. The van der Waals surface area contributed by atoms with Crippen LogP contribution in [0.1, 0.15) is 18.4 Å². The van der Waals surface area contributed by atoms with Crippen molar-refractivity contribution in [2.75, 3.05) is 0 Å². The van der Waals surface area contributed by atoms with Gasteiger partial charge in [0, 0.05) is 32.8 Å². The Morgan fingerprint density at radius 3 is 1.70 bits per heavy atom. The van der Waals surface area contributed by atoms with Crippen LogP contribution in [-0.2, 0) is 0 Å². The second-order valence-corrected chi connectivity index (χ2v) is 11.7. The Morgan fingerprint density at radius 2 is 1.05 bits per heavy atom. The van der Waals surface area contributed by atoms with E-state index in [2.05, 4.69) is 167 Å². The molecule has 9 rings (SSSR count). The number of para-hydroxylation sites is 3. The Morgan fingerprint density at radius 1 is 0.432 bits per heavy atom. The number of benzene rings is 6. The van der Waals surface area contributed by atoms with E-state index in [9.17, 15) is 0 Å². The first-order valence-corrected chi connectivity index (χ1v) is 15.4. The van der Waals surface area contributed by atoms with Gasteiger partial charge in [0.05, 0.1) is 27.8 Å². The molecule has 0 aliphatic heterocycles. The fraction of sp³-hybridized carbons (Fsp3) is 0.0476. The topological polar surface area (TPSA) is 9.86 Å². The van der Waals surface area contributed by atoms with E-state index < -0.39 is 0 Å². The van der Waals surface area contributed by atoms with Gasteiger partial charge in [0.25, 0.3) is 0 Å². The van der Waals surface area contributed by atoms with Crippen LogP contribution in [0, 0.1) is 0 Å². The summed E-state index contributed by atoms with van der Waals surface area (Å²) in [7, 11) is 0. The Hall–Kier alpha value is -5.60. The molecule has 0 saturated heterocycles. The van der Waals surface area contributed by atoms with Crippen LogP contribution in [0.3, 0.4) is 0 Å². The first-order valence-electron chi connectivity index (χ1n) is 15.4. The van der Waals surface area contributed by atoms with Crippen LogP contribution in [0.4, 0.5) is 0 Å². The second kappa shape index (κ2) is 10.00. The van der Waals surface area contributed by atoms with Crippen molar-refractivity contribution in [3.8, 4) is 22.5 Å². The first-order chi connectivity index (χ1) is 21.8. The van der Waals surface area contributed by atoms with E-state index >= 15 is 0 Å². The molecule has 0 fully saturated rings. The molecule has 0 unspecified atom stereocenters. The highest BCUT2D eigenvalue weighted by Crippen LogP contribution is 2.40. The van der Waals surface area contributed by atoms with Crippen molar-refractivity contribution >= 4 is 49.2 Å². The summed E-state index contributed by atoms with van der Waals surface area (Å²) in [5.41, 5.74) is 12.2. The number of hydrogen-bond acceptors (Lipinski definition) is 0. The molecule has 0 N–H and O–H groups in total. The summed E-state index contributed by atoms with van der Waals surface area (Å²) < 4.78 is 4.91. The van der Waals surface area contributed by atoms with E-state index in [0.29, 0.717) is 0 Å². The van der Waals surface area contributed by atoms with Crippen LogP contribution >= 0.6 is 0 Å². The van der Waals surface area contributed by atoms with Crippen LogP contribution in [-0.4, -0.2) is 9.13 Å². The van der Waals surface area contributed by atoms with Crippen molar-refractivity contribution in [1.29, 1.82) is 0 Å². The van der Waals surface area contributed by atoms with E-state index in [1.807, 2.05) is 0 Å². The first kappa shape index (κ1) is 24.9. The molecule has 0 saturated carbocycles. The quantitative estimate of drug-likeness (QED) is 0.202. The van der Waals surface area contributed by atoms with Gasteiger partial charge in [-0.1, -0.05) is 121 Å². The lowest BCUT2D eigenvalue weighted by molar-refractivity contribution is 1.04. The highest BCUT2D eigenvalue weighted by atomic mass is 15.0. The van der Waals surface area contributed by atoms with Gasteiger partial charge in [-0.2, -0.15) is 0 Å². The minimum absolute atomic E-state index is 1.07. The van der Waals surface area contributed by atoms with Crippen LogP contribution < -0.4 is 0 Å². The fourth-order valence-electron chi connectivity index (χ4n) is 7.14. The summed E-state index contributed by atoms with van der Waals surface area (Å²) in [5.74, 6) is 0. The van der Waals surface area contributed by atoms with Crippen LogP contribution in [0.5, 0.6) is 0 Å². The predicted octanol–water partition coefficient (Wildman–Crippen LogP) is 11.3. The molecule has 1 aliphatic carbocycles. The van der Waals surface area contributed by atoms with Crippen molar-refractivity contribution in [3.05, 3.63) is 163 Å². The smallest absolute Gasteiger partial charge is 0.0562 e. The molecule has 0 amide bonds. The lowest BCUT2D eigenvalue weighted by Gasteiger charge is -2.18. The van der Waals surface area contributed by atoms with E-state index in [0.717, 1.165) is 18.5 Å². The lowest BCUT2D eigenvalue weighted by Crippen LogP contribution is -2.01. The Balaban J connectivity index is 1.38. The molecule has 0 atom stereocenters. The maximum atomic E-state index is 2.49. The average molecular weight is 563 g/mol. The number of rotatable bonds is 4. The largest absolute Gasteiger partial charge is 0.309 e. The second-order valence-electron chi connectivity index (χ2n) is 11.7.